The number of likely N-dealkylation sites (N-methyl/N-ethyl adjacent to an activating group) is 1. The summed E-state index contributed by atoms with van der Waals surface area (Å²) in [6.45, 7) is 0.965. The van der Waals surface area contributed by atoms with Crippen molar-refractivity contribution in [3.05, 3.63) is 84.3 Å². The van der Waals surface area contributed by atoms with Gasteiger partial charge in [0.2, 0.25) is 0 Å². The summed E-state index contributed by atoms with van der Waals surface area (Å²) in [6.07, 6.45) is 5.93. The van der Waals surface area contributed by atoms with Crippen molar-refractivity contribution < 1.29 is 24.6 Å². The van der Waals surface area contributed by atoms with Crippen molar-refractivity contribution in [3.63, 3.8) is 0 Å². The highest BCUT2D eigenvalue weighted by Gasteiger charge is 2.11. The van der Waals surface area contributed by atoms with E-state index < -0.39 is 11.9 Å². The molecule has 0 saturated carbocycles. The molecule has 0 unspecified atom stereocenters. The fourth-order valence-corrected chi connectivity index (χ4v) is 3.58. The number of anilines is 1. The third kappa shape index (κ3) is 8.29. The van der Waals surface area contributed by atoms with Crippen molar-refractivity contribution in [1.29, 1.82) is 0 Å². The molecule has 2 aromatic heterocycles. The molecule has 0 fully saturated rings. The van der Waals surface area contributed by atoms with Gasteiger partial charge in [-0.05, 0) is 79.7 Å². The number of aliphatic carboxylic acids is 2. The van der Waals surface area contributed by atoms with Gasteiger partial charge in [0.25, 0.3) is 5.91 Å². The molecule has 4 rings (SSSR count). The molecule has 4 aromatic rings. The van der Waals surface area contributed by atoms with Crippen molar-refractivity contribution in [2.75, 3.05) is 26.0 Å². The van der Waals surface area contributed by atoms with Gasteiger partial charge in [0, 0.05) is 47.3 Å². The van der Waals surface area contributed by atoms with Gasteiger partial charge < -0.3 is 25.4 Å². The first-order valence-corrected chi connectivity index (χ1v) is 11.7. The lowest BCUT2D eigenvalue weighted by Gasteiger charge is -2.09. The highest BCUT2D eigenvalue weighted by molar-refractivity contribution is 6.06. The summed E-state index contributed by atoms with van der Waals surface area (Å²) in [5, 5.41) is 19.9. The van der Waals surface area contributed by atoms with Crippen LogP contribution in [-0.4, -0.2) is 63.6 Å². The molecular weight excluding hydrogens is 472 g/mol. The molecule has 0 bridgehead atoms. The van der Waals surface area contributed by atoms with E-state index in [1.54, 1.807) is 12.4 Å². The second-order valence-corrected chi connectivity index (χ2v) is 8.68. The number of H-pyrrole nitrogens is 1. The molecule has 0 atom stereocenters. The van der Waals surface area contributed by atoms with Gasteiger partial charge in [-0.2, -0.15) is 0 Å². The summed E-state index contributed by atoms with van der Waals surface area (Å²) in [6, 6.07) is 17.6. The predicted octanol–water partition coefficient (Wildman–Crippen LogP) is 4.52. The number of fused-ring (bicyclic) bond motifs is 1. The molecule has 9 nitrogen and oxygen atoms in total. The highest BCUT2D eigenvalue weighted by atomic mass is 16.4. The van der Waals surface area contributed by atoms with E-state index in [0.717, 1.165) is 40.7 Å². The van der Waals surface area contributed by atoms with E-state index in [2.05, 4.69) is 34.3 Å². The second-order valence-electron chi connectivity index (χ2n) is 8.68. The maximum absolute atomic E-state index is 12.8. The zero-order valence-corrected chi connectivity index (χ0v) is 20.8. The number of rotatable bonds is 9. The summed E-state index contributed by atoms with van der Waals surface area (Å²) in [5.74, 6) is -2.26. The van der Waals surface area contributed by atoms with Gasteiger partial charge >= 0.3 is 11.9 Å². The van der Waals surface area contributed by atoms with Crippen LogP contribution in [0.4, 0.5) is 5.69 Å². The van der Waals surface area contributed by atoms with Crippen LogP contribution in [0.3, 0.4) is 0 Å². The van der Waals surface area contributed by atoms with Crippen LogP contribution >= 0.6 is 0 Å². The number of carbonyl (C=O) groups excluding carboxylic acids is 1. The Labute approximate surface area is 214 Å². The molecule has 0 saturated heterocycles. The molecular formula is C28H30N4O5. The van der Waals surface area contributed by atoms with E-state index in [0.29, 0.717) is 5.56 Å². The van der Waals surface area contributed by atoms with E-state index in [9.17, 15) is 14.4 Å². The van der Waals surface area contributed by atoms with E-state index in [1.165, 1.54) is 5.56 Å². The van der Waals surface area contributed by atoms with Crippen LogP contribution in [0.5, 0.6) is 0 Å². The molecule has 4 N–H and O–H groups in total. The van der Waals surface area contributed by atoms with Gasteiger partial charge in [0.05, 0.1) is 12.8 Å². The average molecular weight is 503 g/mol. The molecule has 2 aromatic carbocycles. The van der Waals surface area contributed by atoms with Crippen molar-refractivity contribution >= 4 is 34.4 Å². The average Bonchev–Trinajstić information content (AvgIpc) is 3.30. The summed E-state index contributed by atoms with van der Waals surface area (Å²) >= 11 is 0. The fourth-order valence-electron chi connectivity index (χ4n) is 3.58. The summed E-state index contributed by atoms with van der Waals surface area (Å²) in [7, 11) is 4.13. The van der Waals surface area contributed by atoms with Gasteiger partial charge in [0.15, 0.2) is 0 Å². The lowest BCUT2D eigenvalue weighted by Crippen LogP contribution is -2.15. The number of aromatic amines is 1. The zero-order chi connectivity index (χ0) is 26.8. The number of nitrogens with zero attached hydrogens (tertiary/aromatic N) is 2. The number of benzene rings is 2. The standard InChI is InChI=1S/C24H24N4O.C4H6O4/c1-28(2)14-11-20-16-26-23-8-5-19(15-22(20)23)24(29)27-21-6-3-17(4-7-21)18-9-12-25-13-10-18;5-3(6)1-2-4(7)8/h3-10,12-13,15-16,26H,11,14H2,1-2H3,(H,27,29);1-2H2,(H,5,6)(H,7,8). The summed E-state index contributed by atoms with van der Waals surface area (Å²) < 4.78 is 0. The minimum atomic E-state index is -1.08. The van der Waals surface area contributed by atoms with Crippen LogP contribution in [0, 0.1) is 0 Å². The van der Waals surface area contributed by atoms with Crippen LogP contribution in [0.15, 0.2) is 73.2 Å². The molecule has 0 spiro atoms. The predicted molar refractivity (Wildman–Crippen MR) is 143 cm³/mol. The fraction of sp³-hybridized carbons (Fsp3) is 0.214. The van der Waals surface area contributed by atoms with Crippen LogP contribution in [0.25, 0.3) is 22.0 Å². The molecule has 1 amide bonds. The van der Waals surface area contributed by atoms with E-state index in [4.69, 9.17) is 10.2 Å². The topological polar surface area (TPSA) is 136 Å². The zero-order valence-electron chi connectivity index (χ0n) is 20.8. The maximum atomic E-state index is 12.8. The molecule has 9 heteroatoms. The summed E-state index contributed by atoms with van der Waals surface area (Å²) in [4.78, 5) is 41.6. The van der Waals surface area contributed by atoms with Crippen LogP contribution in [0.1, 0.15) is 28.8 Å². The smallest absolute Gasteiger partial charge is 0.303 e. The van der Waals surface area contributed by atoms with E-state index in [-0.39, 0.29) is 18.7 Å². The molecule has 0 aliphatic carbocycles. The molecule has 2 heterocycles. The summed E-state index contributed by atoms with van der Waals surface area (Å²) in [5.41, 5.74) is 5.89. The van der Waals surface area contributed by atoms with Crippen LogP contribution in [0.2, 0.25) is 0 Å². The Morgan fingerprint density at radius 2 is 1.51 bits per heavy atom. The largest absolute Gasteiger partial charge is 0.481 e. The lowest BCUT2D eigenvalue weighted by molar-refractivity contribution is -0.143. The minimum Gasteiger partial charge on any atom is -0.481 e. The second kappa shape index (κ2) is 13.0. The number of nitrogens with one attached hydrogen (secondary N) is 2. The first-order chi connectivity index (χ1) is 17.7. The van der Waals surface area contributed by atoms with Crippen molar-refractivity contribution in [1.82, 2.24) is 14.9 Å². The minimum absolute atomic E-state index is 0.108. The third-order valence-electron chi connectivity index (χ3n) is 5.57. The van der Waals surface area contributed by atoms with Crippen molar-refractivity contribution in [3.8, 4) is 11.1 Å². The Morgan fingerprint density at radius 3 is 2.11 bits per heavy atom. The number of carbonyl (C=O) groups is 3. The van der Waals surface area contributed by atoms with E-state index >= 15 is 0 Å². The number of pyridine rings is 1. The Hall–Kier alpha value is -4.50. The van der Waals surface area contributed by atoms with Crippen molar-refractivity contribution in [2.45, 2.75) is 19.3 Å². The Morgan fingerprint density at radius 1 is 0.892 bits per heavy atom. The molecule has 0 aliphatic rings. The number of carboxylic acid groups (broad SMARTS) is 2. The Kier molecular flexibility index (Phi) is 9.51. The molecule has 0 radical (unpaired) electrons. The Balaban J connectivity index is 0.000000414. The maximum Gasteiger partial charge on any atom is 0.303 e. The van der Waals surface area contributed by atoms with Crippen molar-refractivity contribution in [2.24, 2.45) is 0 Å². The highest BCUT2D eigenvalue weighted by Crippen LogP contribution is 2.23. The normalized spacial score (nSPS) is 10.6. The van der Waals surface area contributed by atoms with Crippen LogP contribution in [-0.2, 0) is 16.0 Å². The molecule has 192 valence electrons. The first kappa shape index (κ1) is 27.1. The Bertz CT molecular complexity index is 1330. The number of hydrogen-bond acceptors (Lipinski definition) is 5. The third-order valence-corrected chi connectivity index (χ3v) is 5.57. The number of carboxylic acids is 2. The quantitative estimate of drug-likeness (QED) is 0.264. The monoisotopic (exact) mass is 502 g/mol. The van der Waals surface area contributed by atoms with Gasteiger partial charge in [0.1, 0.15) is 0 Å². The first-order valence-electron chi connectivity index (χ1n) is 11.7. The number of amides is 1. The van der Waals surface area contributed by atoms with Gasteiger partial charge in [-0.15, -0.1) is 0 Å². The van der Waals surface area contributed by atoms with Gasteiger partial charge in [-0.25, -0.2) is 0 Å². The number of aromatic nitrogens is 2. The molecule has 37 heavy (non-hydrogen) atoms. The number of hydrogen-bond donors (Lipinski definition) is 4. The van der Waals surface area contributed by atoms with Gasteiger partial charge in [-0.3, -0.25) is 19.4 Å². The van der Waals surface area contributed by atoms with Gasteiger partial charge in [-0.1, -0.05) is 12.1 Å². The molecule has 0 aliphatic heterocycles. The SMILES string of the molecule is CN(C)CCc1c[nH]c2ccc(C(=O)Nc3ccc(-c4ccncc4)cc3)cc12.O=C(O)CCC(=O)O. The lowest BCUT2D eigenvalue weighted by atomic mass is 10.1. The van der Waals surface area contributed by atoms with Crippen LogP contribution < -0.4 is 5.32 Å². The van der Waals surface area contributed by atoms with E-state index in [1.807, 2.05) is 60.8 Å².